The number of amides is 1. The molecule has 1 rings (SSSR count). The topological polar surface area (TPSA) is 72.4 Å². The Morgan fingerprint density at radius 1 is 1.53 bits per heavy atom. The van der Waals surface area contributed by atoms with Crippen molar-refractivity contribution in [3.05, 3.63) is 17.0 Å². The average Bonchev–Trinajstić information content (AvgIpc) is 2.60. The lowest BCUT2D eigenvalue weighted by atomic mass is 10.1. The van der Waals surface area contributed by atoms with Crippen LogP contribution in [0.1, 0.15) is 36.8 Å². The third-order valence-electron chi connectivity index (χ3n) is 2.87. The molecule has 1 aromatic heterocycles. The standard InChI is InChI=1S/C12H21N3O2/c1-5-6-11(13)12(16)15(4)7-10-8(2)14-17-9(10)3/h11H,5-7,13H2,1-4H3. The number of rotatable bonds is 5. The van der Waals surface area contributed by atoms with Crippen LogP contribution >= 0.6 is 0 Å². The molecule has 0 bridgehead atoms. The van der Waals surface area contributed by atoms with Gasteiger partial charge >= 0.3 is 0 Å². The van der Waals surface area contributed by atoms with E-state index in [0.717, 1.165) is 23.4 Å². The Balaban J connectivity index is 2.66. The summed E-state index contributed by atoms with van der Waals surface area (Å²) < 4.78 is 5.06. The van der Waals surface area contributed by atoms with Crippen molar-refractivity contribution in [2.24, 2.45) is 5.73 Å². The molecular weight excluding hydrogens is 218 g/mol. The third kappa shape index (κ3) is 3.30. The third-order valence-corrected chi connectivity index (χ3v) is 2.87. The van der Waals surface area contributed by atoms with Gasteiger partial charge in [-0.25, -0.2) is 0 Å². The molecule has 1 aromatic rings. The number of aryl methyl sites for hydroxylation is 2. The van der Waals surface area contributed by atoms with Gasteiger partial charge in [-0.2, -0.15) is 0 Å². The van der Waals surface area contributed by atoms with Crippen LogP contribution in [0.3, 0.4) is 0 Å². The fraction of sp³-hybridized carbons (Fsp3) is 0.667. The minimum Gasteiger partial charge on any atom is -0.361 e. The van der Waals surface area contributed by atoms with Crippen molar-refractivity contribution in [1.29, 1.82) is 0 Å². The second kappa shape index (κ2) is 5.82. The molecule has 0 radical (unpaired) electrons. The van der Waals surface area contributed by atoms with Crippen LogP contribution in [0.25, 0.3) is 0 Å². The molecule has 0 saturated carbocycles. The number of hydrogen-bond acceptors (Lipinski definition) is 4. The van der Waals surface area contributed by atoms with Gasteiger partial charge in [0.15, 0.2) is 0 Å². The lowest BCUT2D eigenvalue weighted by Gasteiger charge is -2.20. The molecule has 17 heavy (non-hydrogen) atoms. The fourth-order valence-corrected chi connectivity index (χ4v) is 1.76. The number of aromatic nitrogens is 1. The Morgan fingerprint density at radius 2 is 2.18 bits per heavy atom. The van der Waals surface area contributed by atoms with Gasteiger partial charge in [-0.05, 0) is 20.3 Å². The second-order valence-electron chi connectivity index (χ2n) is 4.39. The maximum Gasteiger partial charge on any atom is 0.239 e. The van der Waals surface area contributed by atoms with E-state index in [0.29, 0.717) is 13.0 Å². The Kier molecular flexibility index (Phi) is 4.69. The van der Waals surface area contributed by atoms with Crippen LogP contribution in [0.2, 0.25) is 0 Å². The van der Waals surface area contributed by atoms with Crippen LogP contribution in [0.5, 0.6) is 0 Å². The predicted molar refractivity (Wildman–Crippen MR) is 65.3 cm³/mol. The minimum atomic E-state index is -0.412. The summed E-state index contributed by atoms with van der Waals surface area (Å²) in [6.07, 6.45) is 1.62. The second-order valence-corrected chi connectivity index (χ2v) is 4.39. The van der Waals surface area contributed by atoms with E-state index in [1.807, 2.05) is 20.8 Å². The van der Waals surface area contributed by atoms with E-state index >= 15 is 0 Å². The number of nitrogens with zero attached hydrogens (tertiary/aromatic N) is 2. The van der Waals surface area contributed by atoms with Gasteiger partial charge in [0.25, 0.3) is 0 Å². The van der Waals surface area contributed by atoms with Gasteiger partial charge in [0.1, 0.15) is 5.76 Å². The van der Waals surface area contributed by atoms with Crippen molar-refractivity contribution in [3.63, 3.8) is 0 Å². The minimum absolute atomic E-state index is 0.0353. The fourth-order valence-electron chi connectivity index (χ4n) is 1.76. The molecule has 1 heterocycles. The van der Waals surface area contributed by atoms with Crippen LogP contribution in [0.15, 0.2) is 4.52 Å². The highest BCUT2D eigenvalue weighted by Crippen LogP contribution is 2.14. The van der Waals surface area contributed by atoms with Crippen molar-refractivity contribution in [1.82, 2.24) is 10.1 Å². The molecule has 96 valence electrons. The highest BCUT2D eigenvalue weighted by atomic mass is 16.5. The quantitative estimate of drug-likeness (QED) is 0.842. The van der Waals surface area contributed by atoms with E-state index in [1.54, 1.807) is 11.9 Å². The SMILES string of the molecule is CCCC(N)C(=O)N(C)Cc1c(C)noc1C. The molecule has 5 heteroatoms. The van der Waals surface area contributed by atoms with E-state index in [4.69, 9.17) is 10.3 Å². The normalized spacial score (nSPS) is 12.5. The molecule has 0 aromatic carbocycles. The number of carbonyl (C=O) groups excluding carboxylic acids is 1. The van der Waals surface area contributed by atoms with E-state index < -0.39 is 6.04 Å². The summed E-state index contributed by atoms with van der Waals surface area (Å²) in [5.41, 5.74) is 7.59. The Labute approximate surface area is 102 Å². The van der Waals surface area contributed by atoms with Crippen molar-refractivity contribution < 1.29 is 9.32 Å². The van der Waals surface area contributed by atoms with Gasteiger partial charge in [0.2, 0.25) is 5.91 Å². The molecular formula is C12H21N3O2. The molecule has 1 atom stereocenters. The summed E-state index contributed by atoms with van der Waals surface area (Å²) in [5, 5.41) is 3.87. The van der Waals surface area contributed by atoms with Crippen LogP contribution < -0.4 is 5.73 Å². The summed E-state index contributed by atoms with van der Waals surface area (Å²) in [4.78, 5) is 13.6. The highest BCUT2D eigenvalue weighted by Gasteiger charge is 2.19. The first-order chi connectivity index (χ1) is 7.97. The van der Waals surface area contributed by atoms with Crippen molar-refractivity contribution in [2.75, 3.05) is 7.05 Å². The van der Waals surface area contributed by atoms with Crippen LogP contribution in [-0.2, 0) is 11.3 Å². The van der Waals surface area contributed by atoms with Crippen molar-refractivity contribution >= 4 is 5.91 Å². The largest absolute Gasteiger partial charge is 0.361 e. The Bertz CT molecular complexity index is 368. The number of nitrogens with two attached hydrogens (primary N) is 1. The number of carbonyl (C=O) groups is 1. The average molecular weight is 239 g/mol. The van der Waals surface area contributed by atoms with Gasteiger partial charge in [-0.1, -0.05) is 18.5 Å². The summed E-state index contributed by atoms with van der Waals surface area (Å²) >= 11 is 0. The summed E-state index contributed by atoms with van der Waals surface area (Å²) in [6.45, 7) is 6.23. The van der Waals surface area contributed by atoms with Gasteiger partial charge in [-0.3, -0.25) is 4.79 Å². The van der Waals surface area contributed by atoms with E-state index in [9.17, 15) is 4.79 Å². The van der Waals surface area contributed by atoms with E-state index in [1.165, 1.54) is 0 Å². The highest BCUT2D eigenvalue weighted by molar-refractivity contribution is 5.81. The molecule has 1 amide bonds. The summed E-state index contributed by atoms with van der Waals surface area (Å²) in [6, 6.07) is -0.412. The maximum atomic E-state index is 11.9. The first kappa shape index (κ1) is 13.7. The zero-order valence-electron chi connectivity index (χ0n) is 11.0. The smallest absolute Gasteiger partial charge is 0.239 e. The summed E-state index contributed by atoms with van der Waals surface area (Å²) in [7, 11) is 1.75. The van der Waals surface area contributed by atoms with E-state index in [2.05, 4.69) is 5.16 Å². The molecule has 5 nitrogen and oxygen atoms in total. The molecule has 0 fully saturated rings. The lowest BCUT2D eigenvalue weighted by Crippen LogP contribution is -2.41. The van der Waals surface area contributed by atoms with Crippen LogP contribution in [0, 0.1) is 13.8 Å². The zero-order valence-corrected chi connectivity index (χ0v) is 11.0. The van der Waals surface area contributed by atoms with Gasteiger partial charge in [0.05, 0.1) is 18.3 Å². The lowest BCUT2D eigenvalue weighted by molar-refractivity contribution is -0.132. The molecule has 0 aliphatic carbocycles. The molecule has 0 spiro atoms. The van der Waals surface area contributed by atoms with Crippen molar-refractivity contribution in [3.8, 4) is 0 Å². The van der Waals surface area contributed by atoms with Gasteiger partial charge < -0.3 is 15.2 Å². The predicted octanol–water partition coefficient (Wildman–Crippen LogP) is 1.38. The van der Waals surface area contributed by atoms with Gasteiger partial charge in [0, 0.05) is 12.6 Å². The van der Waals surface area contributed by atoms with Crippen molar-refractivity contribution in [2.45, 2.75) is 46.2 Å². The Hall–Kier alpha value is -1.36. The molecule has 1 unspecified atom stereocenters. The number of likely N-dealkylation sites (N-methyl/N-ethyl adjacent to an activating group) is 1. The molecule has 2 N–H and O–H groups in total. The van der Waals surface area contributed by atoms with E-state index in [-0.39, 0.29) is 5.91 Å². The molecule has 0 aliphatic heterocycles. The summed E-state index contributed by atoms with van der Waals surface area (Å²) in [5.74, 6) is 0.720. The van der Waals surface area contributed by atoms with Crippen LogP contribution in [0.4, 0.5) is 0 Å². The molecule has 0 aliphatic rings. The Morgan fingerprint density at radius 3 is 2.65 bits per heavy atom. The number of hydrogen-bond donors (Lipinski definition) is 1. The maximum absolute atomic E-state index is 11.9. The monoisotopic (exact) mass is 239 g/mol. The molecule has 0 saturated heterocycles. The zero-order chi connectivity index (χ0) is 13.0. The van der Waals surface area contributed by atoms with Gasteiger partial charge in [-0.15, -0.1) is 0 Å². The first-order valence-electron chi connectivity index (χ1n) is 5.89. The first-order valence-corrected chi connectivity index (χ1v) is 5.89. The van der Waals surface area contributed by atoms with Crippen LogP contribution in [-0.4, -0.2) is 29.1 Å².